The van der Waals surface area contributed by atoms with E-state index in [1.165, 1.54) is 14.0 Å². The normalized spacial score (nSPS) is 12.8. The van der Waals surface area contributed by atoms with Crippen LogP contribution in [0.5, 0.6) is 0 Å². The van der Waals surface area contributed by atoms with Crippen LogP contribution in [0, 0.1) is 2.88 Å². The molecule has 0 aromatic carbocycles. The van der Waals surface area contributed by atoms with Crippen molar-refractivity contribution in [2.24, 2.45) is 0 Å². The van der Waals surface area contributed by atoms with Gasteiger partial charge in [-0.25, -0.2) is 0 Å². The van der Waals surface area contributed by atoms with Crippen molar-refractivity contribution in [1.29, 1.82) is 0 Å². The number of hydrogen-bond donors (Lipinski definition) is 1. The van der Waals surface area contributed by atoms with E-state index in [0.717, 1.165) is 13.0 Å². The van der Waals surface area contributed by atoms with Gasteiger partial charge in [0.1, 0.15) is 0 Å². The van der Waals surface area contributed by atoms with Crippen molar-refractivity contribution in [3.05, 3.63) is 32.0 Å². The molecule has 0 aliphatic heterocycles. The van der Waals surface area contributed by atoms with Crippen molar-refractivity contribution in [1.82, 2.24) is 5.32 Å². The highest BCUT2D eigenvalue weighted by molar-refractivity contribution is 14.1. The minimum absolute atomic E-state index is 0.442. The molecular weight excluding hydrogens is 305 g/mol. The molecule has 0 aliphatic rings. The summed E-state index contributed by atoms with van der Waals surface area (Å²) >= 11 is 4.17. The first kappa shape index (κ1) is 12.2. The van der Waals surface area contributed by atoms with Crippen LogP contribution in [0.3, 0.4) is 0 Å². The van der Waals surface area contributed by atoms with Gasteiger partial charge in [0.2, 0.25) is 0 Å². The smallest absolute Gasteiger partial charge is 0.0656 e. The van der Waals surface area contributed by atoms with Crippen LogP contribution in [0.2, 0.25) is 0 Å². The van der Waals surface area contributed by atoms with Gasteiger partial charge in [0.25, 0.3) is 0 Å². The summed E-state index contributed by atoms with van der Waals surface area (Å²) in [5.74, 6) is 0. The van der Waals surface area contributed by atoms with Crippen LogP contribution >= 0.6 is 33.9 Å². The molecule has 1 atom stereocenters. The molecule has 0 fully saturated rings. The predicted octanol–water partition coefficient (Wildman–Crippen LogP) is 3.97. The third-order valence-electron chi connectivity index (χ3n) is 1.99. The Bertz CT molecular complexity index is 306. The van der Waals surface area contributed by atoms with Crippen molar-refractivity contribution in [3.8, 4) is 0 Å². The van der Waals surface area contributed by atoms with Gasteiger partial charge in [-0.05, 0) is 59.5 Å². The van der Waals surface area contributed by atoms with Crippen LogP contribution in [0.1, 0.15) is 31.9 Å². The number of nitrogens with one attached hydrogen (secondary N) is 1. The van der Waals surface area contributed by atoms with Crippen molar-refractivity contribution in [2.45, 2.75) is 26.3 Å². The zero-order chi connectivity index (χ0) is 10.6. The first-order valence-electron chi connectivity index (χ1n) is 4.75. The van der Waals surface area contributed by atoms with E-state index in [-0.39, 0.29) is 0 Å². The Hall–Kier alpha value is 0.130. The van der Waals surface area contributed by atoms with Gasteiger partial charge >= 0.3 is 0 Å². The lowest BCUT2D eigenvalue weighted by Gasteiger charge is -2.16. The number of rotatable bonds is 5. The second kappa shape index (κ2) is 5.88. The fourth-order valence-electron chi connectivity index (χ4n) is 1.41. The summed E-state index contributed by atoms with van der Waals surface area (Å²) in [6.45, 7) is 9.20. The molecule has 1 aromatic rings. The molecule has 1 aromatic heterocycles. The highest BCUT2D eigenvalue weighted by Crippen LogP contribution is 2.26. The van der Waals surface area contributed by atoms with Crippen LogP contribution in [-0.2, 0) is 0 Å². The molecule has 1 heterocycles. The lowest BCUT2D eigenvalue weighted by Crippen LogP contribution is -2.20. The standard InChI is InChI=1S/C11H16INS/c1-4-13-10(5-8(2)3)9-6-11(12)14-7-9/h6-7,10,13H,2,4-5H2,1,3H3. The quantitative estimate of drug-likeness (QED) is 0.639. The molecule has 1 N–H and O–H groups in total. The summed E-state index contributed by atoms with van der Waals surface area (Å²) in [4.78, 5) is 0. The predicted molar refractivity (Wildman–Crippen MR) is 72.9 cm³/mol. The Kier molecular flexibility index (Phi) is 5.12. The zero-order valence-electron chi connectivity index (χ0n) is 8.64. The van der Waals surface area contributed by atoms with Gasteiger partial charge in [-0.3, -0.25) is 0 Å². The van der Waals surface area contributed by atoms with E-state index in [4.69, 9.17) is 0 Å². The largest absolute Gasteiger partial charge is 0.310 e. The number of halogens is 1. The summed E-state index contributed by atoms with van der Waals surface area (Å²) in [5, 5.41) is 5.72. The molecule has 1 rings (SSSR count). The van der Waals surface area contributed by atoms with E-state index in [9.17, 15) is 0 Å². The van der Waals surface area contributed by atoms with Gasteiger partial charge < -0.3 is 5.32 Å². The topological polar surface area (TPSA) is 12.0 Å². The highest BCUT2D eigenvalue weighted by atomic mass is 127. The third kappa shape index (κ3) is 3.71. The van der Waals surface area contributed by atoms with Gasteiger partial charge in [-0.15, -0.1) is 17.9 Å². The molecule has 0 aliphatic carbocycles. The Balaban J connectivity index is 2.71. The van der Waals surface area contributed by atoms with Crippen molar-refractivity contribution >= 4 is 33.9 Å². The SMILES string of the molecule is C=C(C)CC(NCC)c1csc(I)c1. The average molecular weight is 321 g/mol. The minimum Gasteiger partial charge on any atom is -0.310 e. The van der Waals surface area contributed by atoms with Gasteiger partial charge in [-0.2, -0.15) is 0 Å². The van der Waals surface area contributed by atoms with Crippen LogP contribution in [-0.4, -0.2) is 6.54 Å². The van der Waals surface area contributed by atoms with Crippen LogP contribution in [0.25, 0.3) is 0 Å². The Morgan fingerprint density at radius 2 is 2.43 bits per heavy atom. The number of hydrogen-bond acceptors (Lipinski definition) is 2. The first-order valence-corrected chi connectivity index (χ1v) is 6.71. The first-order chi connectivity index (χ1) is 6.63. The monoisotopic (exact) mass is 321 g/mol. The summed E-state index contributed by atoms with van der Waals surface area (Å²) in [6.07, 6.45) is 1.03. The van der Waals surface area contributed by atoms with E-state index in [1.54, 1.807) is 11.3 Å². The van der Waals surface area contributed by atoms with Crippen molar-refractivity contribution in [2.75, 3.05) is 6.54 Å². The van der Waals surface area contributed by atoms with Crippen LogP contribution in [0.15, 0.2) is 23.6 Å². The zero-order valence-corrected chi connectivity index (χ0v) is 11.6. The molecule has 0 amide bonds. The van der Waals surface area contributed by atoms with E-state index in [2.05, 4.69) is 59.8 Å². The molecule has 78 valence electrons. The lowest BCUT2D eigenvalue weighted by atomic mass is 10.0. The number of thiophene rings is 1. The third-order valence-corrected chi connectivity index (χ3v) is 3.80. The summed E-state index contributed by atoms with van der Waals surface area (Å²) in [6, 6.07) is 2.69. The fraction of sp³-hybridized carbons (Fsp3) is 0.455. The van der Waals surface area contributed by atoms with Gasteiger partial charge in [0.05, 0.1) is 2.88 Å². The summed E-state index contributed by atoms with van der Waals surface area (Å²) in [7, 11) is 0. The van der Waals surface area contributed by atoms with Gasteiger partial charge in [0.15, 0.2) is 0 Å². The van der Waals surface area contributed by atoms with Gasteiger partial charge in [0, 0.05) is 6.04 Å². The molecule has 1 nitrogen and oxygen atoms in total. The molecule has 14 heavy (non-hydrogen) atoms. The molecule has 1 unspecified atom stereocenters. The molecule has 0 spiro atoms. The second-order valence-corrected chi connectivity index (χ2v) is 6.26. The molecule has 0 bridgehead atoms. The van der Waals surface area contributed by atoms with E-state index in [1.807, 2.05) is 0 Å². The maximum absolute atomic E-state index is 3.97. The Morgan fingerprint density at radius 1 is 1.71 bits per heavy atom. The Labute approximate surface area is 104 Å². The average Bonchev–Trinajstić information content (AvgIpc) is 2.50. The summed E-state index contributed by atoms with van der Waals surface area (Å²) in [5.41, 5.74) is 2.63. The maximum atomic E-state index is 3.97. The molecule has 0 radical (unpaired) electrons. The lowest BCUT2D eigenvalue weighted by molar-refractivity contribution is 0.549. The van der Waals surface area contributed by atoms with Crippen LogP contribution < -0.4 is 5.32 Å². The van der Waals surface area contributed by atoms with Crippen LogP contribution in [0.4, 0.5) is 0 Å². The maximum Gasteiger partial charge on any atom is 0.0656 e. The highest BCUT2D eigenvalue weighted by Gasteiger charge is 2.11. The second-order valence-electron chi connectivity index (χ2n) is 3.46. The fourth-order valence-corrected chi connectivity index (χ4v) is 2.83. The van der Waals surface area contributed by atoms with E-state index < -0.39 is 0 Å². The molecule has 0 saturated heterocycles. The summed E-state index contributed by atoms with van der Waals surface area (Å²) < 4.78 is 1.35. The molecule has 0 saturated carbocycles. The van der Waals surface area contributed by atoms with E-state index in [0.29, 0.717) is 6.04 Å². The Morgan fingerprint density at radius 3 is 2.86 bits per heavy atom. The van der Waals surface area contributed by atoms with E-state index >= 15 is 0 Å². The van der Waals surface area contributed by atoms with Crippen molar-refractivity contribution in [3.63, 3.8) is 0 Å². The van der Waals surface area contributed by atoms with Gasteiger partial charge in [-0.1, -0.05) is 12.5 Å². The molecule has 3 heteroatoms. The minimum atomic E-state index is 0.442. The van der Waals surface area contributed by atoms with Crippen molar-refractivity contribution < 1.29 is 0 Å². The molecular formula is C11H16INS.